The lowest BCUT2D eigenvalue weighted by Gasteiger charge is -2.17. The number of rotatable bonds is 3. The van der Waals surface area contributed by atoms with Crippen LogP contribution in [-0.2, 0) is 0 Å². The molecule has 2 N–H and O–H groups in total. The third-order valence-corrected chi connectivity index (χ3v) is 6.05. The Bertz CT molecular complexity index is 1090. The fraction of sp³-hybridized carbons (Fsp3) is 0.316. The Balaban J connectivity index is 1.50. The van der Waals surface area contributed by atoms with Gasteiger partial charge in [-0.1, -0.05) is 6.07 Å². The SMILES string of the molecule is Cc1cc(=O)[nH]c(N2CCC(NC(=O)c3sc4cccc(F)c4c3C)C2)n1. The van der Waals surface area contributed by atoms with E-state index in [1.807, 2.05) is 11.0 Å². The maximum absolute atomic E-state index is 14.1. The molecule has 1 aliphatic rings. The highest BCUT2D eigenvalue weighted by Crippen LogP contribution is 2.32. The minimum atomic E-state index is -0.304. The number of amides is 1. The number of thiophene rings is 1. The number of benzene rings is 1. The van der Waals surface area contributed by atoms with Gasteiger partial charge in [0.2, 0.25) is 5.95 Å². The molecule has 1 aliphatic heterocycles. The van der Waals surface area contributed by atoms with E-state index in [1.165, 1.54) is 23.5 Å². The summed E-state index contributed by atoms with van der Waals surface area (Å²) in [4.78, 5) is 34.0. The lowest BCUT2D eigenvalue weighted by atomic mass is 10.1. The second-order valence-electron chi connectivity index (χ2n) is 6.78. The molecule has 2 aromatic heterocycles. The number of carbonyl (C=O) groups is 1. The van der Waals surface area contributed by atoms with Gasteiger partial charge in [-0.15, -0.1) is 11.3 Å². The molecule has 1 amide bonds. The van der Waals surface area contributed by atoms with Crippen LogP contribution in [-0.4, -0.2) is 35.0 Å². The molecule has 1 aromatic carbocycles. The molecule has 1 fully saturated rings. The molecule has 4 rings (SSSR count). The molecule has 3 aromatic rings. The first kappa shape index (κ1) is 17.7. The number of halogens is 1. The van der Waals surface area contributed by atoms with Crippen molar-refractivity contribution in [2.24, 2.45) is 0 Å². The highest BCUT2D eigenvalue weighted by atomic mass is 32.1. The van der Waals surface area contributed by atoms with Crippen LogP contribution in [0.5, 0.6) is 0 Å². The molecular weight excluding hydrogens is 367 g/mol. The molecule has 6 nitrogen and oxygen atoms in total. The molecule has 140 valence electrons. The van der Waals surface area contributed by atoms with E-state index in [9.17, 15) is 14.0 Å². The monoisotopic (exact) mass is 386 g/mol. The van der Waals surface area contributed by atoms with Crippen LogP contribution in [0.15, 0.2) is 29.1 Å². The van der Waals surface area contributed by atoms with Crippen LogP contribution in [0.25, 0.3) is 10.1 Å². The number of H-pyrrole nitrogens is 1. The molecule has 0 aliphatic carbocycles. The van der Waals surface area contributed by atoms with Gasteiger partial charge in [0.1, 0.15) is 5.82 Å². The Morgan fingerprint density at radius 2 is 2.22 bits per heavy atom. The Labute approximate surface area is 159 Å². The number of carbonyl (C=O) groups excluding carboxylic acids is 1. The zero-order valence-electron chi connectivity index (χ0n) is 15.0. The minimum Gasteiger partial charge on any atom is -0.347 e. The van der Waals surface area contributed by atoms with Gasteiger partial charge in [0.05, 0.1) is 4.88 Å². The van der Waals surface area contributed by atoms with Crippen molar-refractivity contribution >= 4 is 33.3 Å². The second-order valence-corrected chi connectivity index (χ2v) is 7.84. The molecule has 0 saturated carbocycles. The number of nitrogens with one attached hydrogen (secondary N) is 2. The number of aromatic nitrogens is 2. The van der Waals surface area contributed by atoms with E-state index >= 15 is 0 Å². The molecule has 8 heteroatoms. The Hall–Kier alpha value is -2.74. The van der Waals surface area contributed by atoms with Gasteiger partial charge in [-0.2, -0.15) is 0 Å². The minimum absolute atomic E-state index is 0.0576. The maximum Gasteiger partial charge on any atom is 0.261 e. The summed E-state index contributed by atoms with van der Waals surface area (Å²) in [5.74, 6) is 0.0318. The van der Waals surface area contributed by atoms with Crippen LogP contribution >= 0.6 is 11.3 Å². The molecule has 0 spiro atoms. The molecule has 27 heavy (non-hydrogen) atoms. The first-order valence-corrected chi connectivity index (χ1v) is 9.55. The van der Waals surface area contributed by atoms with Crippen LogP contribution in [0.2, 0.25) is 0 Å². The summed E-state index contributed by atoms with van der Waals surface area (Å²) in [6.07, 6.45) is 0.752. The number of fused-ring (bicyclic) bond motifs is 1. The highest BCUT2D eigenvalue weighted by molar-refractivity contribution is 7.21. The average Bonchev–Trinajstić information content (AvgIpc) is 3.19. The van der Waals surface area contributed by atoms with Crippen molar-refractivity contribution in [3.63, 3.8) is 0 Å². The predicted molar refractivity (Wildman–Crippen MR) is 104 cm³/mol. The van der Waals surface area contributed by atoms with Crippen molar-refractivity contribution in [1.82, 2.24) is 15.3 Å². The number of hydrogen-bond donors (Lipinski definition) is 2. The summed E-state index contributed by atoms with van der Waals surface area (Å²) in [5.41, 5.74) is 1.14. The summed E-state index contributed by atoms with van der Waals surface area (Å²) in [5, 5.41) is 3.55. The van der Waals surface area contributed by atoms with Gasteiger partial charge in [-0.05, 0) is 38.0 Å². The van der Waals surface area contributed by atoms with E-state index < -0.39 is 0 Å². The number of hydrogen-bond acceptors (Lipinski definition) is 5. The standard InChI is InChI=1S/C19H19FN4O2S/c1-10-8-15(25)23-19(21-10)24-7-6-12(9-24)22-18(26)17-11(2)16-13(20)4-3-5-14(16)27-17/h3-5,8,12H,6-7,9H2,1-2H3,(H,22,26)(H,21,23,25). The predicted octanol–water partition coefficient (Wildman–Crippen LogP) is 2.75. The van der Waals surface area contributed by atoms with Crippen molar-refractivity contribution < 1.29 is 9.18 Å². The third kappa shape index (κ3) is 3.32. The van der Waals surface area contributed by atoms with Gasteiger partial charge in [0.15, 0.2) is 0 Å². The van der Waals surface area contributed by atoms with Crippen LogP contribution in [0.3, 0.4) is 0 Å². The van der Waals surface area contributed by atoms with Crippen molar-refractivity contribution in [2.75, 3.05) is 18.0 Å². The maximum atomic E-state index is 14.1. The molecule has 1 unspecified atom stereocenters. The fourth-order valence-electron chi connectivity index (χ4n) is 3.50. The van der Waals surface area contributed by atoms with E-state index in [-0.39, 0.29) is 23.3 Å². The first-order chi connectivity index (χ1) is 12.9. The second kappa shape index (κ2) is 6.77. The topological polar surface area (TPSA) is 78.1 Å². The van der Waals surface area contributed by atoms with Gasteiger partial charge in [-0.25, -0.2) is 9.37 Å². The Kier molecular flexibility index (Phi) is 4.43. The fourth-order valence-corrected chi connectivity index (χ4v) is 4.63. The Morgan fingerprint density at radius 1 is 1.41 bits per heavy atom. The van der Waals surface area contributed by atoms with Crippen molar-refractivity contribution in [3.05, 3.63) is 56.6 Å². The van der Waals surface area contributed by atoms with Crippen molar-refractivity contribution in [1.29, 1.82) is 0 Å². The largest absolute Gasteiger partial charge is 0.347 e. The van der Waals surface area contributed by atoms with Crippen LogP contribution in [0, 0.1) is 19.7 Å². The molecule has 1 saturated heterocycles. The van der Waals surface area contributed by atoms with E-state index in [2.05, 4.69) is 15.3 Å². The average molecular weight is 386 g/mol. The van der Waals surface area contributed by atoms with E-state index in [4.69, 9.17) is 0 Å². The van der Waals surface area contributed by atoms with E-state index in [0.717, 1.165) is 11.1 Å². The number of aromatic amines is 1. The van der Waals surface area contributed by atoms with Gasteiger partial charge < -0.3 is 10.2 Å². The lowest BCUT2D eigenvalue weighted by molar-refractivity contribution is 0.0944. The molecular formula is C19H19FN4O2S. The number of anilines is 1. The summed E-state index contributed by atoms with van der Waals surface area (Å²) < 4.78 is 14.8. The van der Waals surface area contributed by atoms with Gasteiger partial charge >= 0.3 is 0 Å². The van der Waals surface area contributed by atoms with Gasteiger partial charge in [0.25, 0.3) is 11.5 Å². The van der Waals surface area contributed by atoms with Crippen LogP contribution < -0.4 is 15.8 Å². The number of aryl methyl sites for hydroxylation is 2. The summed E-state index contributed by atoms with van der Waals surface area (Å²) in [7, 11) is 0. The molecule has 1 atom stereocenters. The molecule has 0 radical (unpaired) electrons. The lowest BCUT2D eigenvalue weighted by Crippen LogP contribution is -2.37. The van der Waals surface area contributed by atoms with Crippen LogP contribution in [0.1, 0.15) is 27.3 Å². The molecule has 0 bridgehead atoms. The summed E-state index contributed by atoms with van der Waals surface area (Å²) in [6.45, 7) is 4.81. The number of nitrogens with zero attached hydrogens (tertiary/aromatic N) is 2. The van der Waals surface area contributed by atoms with Gasteiger partial charge in [0, 0.05) is 41.0 Å². The summed E-state index contributed by atoms with van der Waals surface area (Å²) in [6, 6.07) is 6.28. The zero-order chi connectivity index (χ0) is 19.1. The zero-order valence-corrected chi connectivity index (χ0v) is 15.8. The van der Waals surface area contributed by atoms with E-state index in [0.29, 0.717) is 40.6 Å². The third-order valence-electron chi connectivity index (χ3n) is 4.79. The van der Waals surface area contributed by atoms with Crippen molar-refractivity contribution in [2.45, 2.75) is 26.3 Å². The van der Waals surface area contributed by atoms with Crippen LogP contribution in [0.4, 0.5) is 10.3 Å². The van der Waals surface area contributed by atoms with Gasteiger partial charge in [-0.3, -0.25) is 14.6 Å². The smallest absolute Gasteiger partial charge is 0.261 e. The first-order valence-electron chi connectivity index (χ1n) is 8.74. The normalized spacial score (nSPS) is 16.9. The quantitative estimate of drug-likeness (QED) is 0.726. The molecule has 3 heterocycles. The van der Waals surface area contributed by atoms with Crippen molar-refractivity contribution in [3.8, 4) is 0 Å². The summed E-state index contributed by atoms with van der Waals surface area (Å²) >= 11 is 1.31. The van der Waals surface area contributed by atoms with E-state index in [1.54, 1.807) is 19.9 Å². The Morgan fingerprint density at radius 3 is 2.96 bits per heavy atom. The highest BCUT2D eigenvalue weighted by Gasteiger charge is 2.27.